The second-order valence-corrected chi connectivity index (χ2v) is 4.90. The molecule has 2 unspecified atom stereocenters. The summed E-state index contributed by atoms with van der Waals surface area (Å²) in [5.74, 6) is 0. The number of hydrogen-bond donors (Lipinski definition) is 1. The number of nitrogens with zero attached hydrogens (tertiary/aromatic N) is 1. The van der Waals surface area contributed by atoms with Crippen LogP contribution in [0.4, 0.5) is 0 Å². The average Bonchev–Trinajstić information content (AvgIpc) is 2.34. The number of morpholine rings is 1. The Morgan fingerprint density at radius 1 is 1.29 bits per heavy atom. The molecule has 1 heterocycles. The van der Waals surface area contributed by atoms with Gasteiger partial charge in [0.1, 0.15) is 0 Å². The molecule has 2 atom stereocenters. The number of ether oxygens (including phenoxy) is 1. The van der Waals surface area contributed by atoms with Gasteiger partial charge in [-0.25, -0.2) is 0 Å². The van der Waals surface area contributed by atoms with Crippen molar-refractivity contribution in [1.82, 2.24) is 4.90 Å². The zero-order valence-electron chi connectivity index (χ0n) is 10.7. The van der Waals surface area contributed by atoms with Crippen LogP contribution >= 0.6 is 0 Å². The molecule has 0 aliphatic carbocycles. The van der Waals surface area contributed by atoms with Gasteiger partial charge in [0.05, 0.1) is 12.7 Å². The standard InChI is InChI=1S/C14H22N2O/c1-11-10-17-12(2)8-16(11)9-14-6-4-3-5-13(14)7-15/h3-6,11-12H,7-10,15H2,1-2H3. The topological polar surface area (TPSA) is 38.5 Å². The minimum atomic E-state index is 0.330. The Morgan fingerprint density at radius 3 is 2.71 bits per heavy atom. The van der Waals surface area contributed by atoms with Crippen LogP contribution in [-0.2, 0) is 17.8 Å². The second kappa shape index (κ2) is 5.63. The van der Waals surface area contributed by atoms with Crippen LogP contribution in [0.5, 0.6) is 0 Å². The smallest absolute Gasteiger partial charge is 0.0674 e. The quantitative estimate of drug-likeness (QED) is 0.866. The van der Waals surface area contributed by atoms with Crippen molar-refractivity contribution in [2.75, 3.05) is 13.2 Å². The lowest BCUT2D eigenvalue weighted by molar-refractivity contribution is -0.0527. The lowest BCUT2D eigenvalue weighted by atomic mass is 10.1. The molecule has 3 nitrogen and oxygen atoms in total. The van der Waals surface area contributed by atoms with Crippen LogP contribution in [0.15, 0.2) is 24.3 Å². The van der Waals surface area contributed by atoms with Crippen LogP contribution in [0.2, 0.25) is 0 Å². The molecule has 1 fully saturated rings. The molecule has 3 heteroatoms. The molecular weight excluding hydrogens is 212 g/mol. The molecule has 2 rings (SSSR count). The molecule has 0 radical (unpaired) electrons. The summed E-state index contributed by atoms with van der Waals surface area (Å²) in [5, 5.41) is 0. The maximum atomic E-state index is 5.77. The fraction of sp³-hybridized carbons (Fsp3) is 0.571. The molecule has 1 aliphatic rings. The third-order valence-electron chi connectivity index (χ3n) is 3.45. The van der Waals surface area contributed by atoms with Crippen LogP contribution in [0.25, 0.3) is 0 Å². The van der Waals surface area contributed by atoms with Gasteiger partial charge in [-0.15, -0.1) is 0 Å². The highest BCUT2D eigenvalue weighted by Crippen LogP contribution is 2.17. The van der Waals surface area contributed by atoms with Crippen molar-refractivity contribution >= 4 is 0 Å². The molecule has 0 spiro atoms. The Labute approximate surface area is 104 Å². The number of benzene rings is 1. The van der Waals surface area contributed by atoms with Crippen molar-refractivity contribution in [2.45, 2.75) is 39.1 Å². The molecule has 0 bridgehead atoms. The maximum absolute atomic E-state index is 5.77. The zero-order chi connectivity index (χ0) is 12.3. The monoisotopic (exact) mass is 234 g/mol. The molecular formula is C14H22N2O. The zero-order valence-corrected chi connectivity index (χ0v) is 10.7. The normalized spacial score (nSPS) is 26.1. The van der Waals surface area contributed by atoms with E-state index < -0.39 is 0 Å². The van der Waals surface area contributed by atoms with Crippen LogP contribution in [0.1, 0.15) is 25.0 Å². The van der Waals surface area contributed by atoms with Crippen molar-refractivity contribution in [3.8, 4) is 0 Å². The first-order valence-corrected chi connectivity index (χ1v) is 6.33. The molecule has 1 aromatic rings. The average molecular weight is 234 g/mol. The van der Waals surface area contributed by atoms with Crippen molar-refractivity contribution < 1.29 is 4.74 Å². The molecule has 0 amide bonds. The lowest BCUT2D eigenvalue weighted by Gasteiger charge is -2.37. The molecule has 94 valence electrons. The van der Waals surface area contributed by atoms with Crippen LogP contribution in [0, 0.1) is 0 Å². The van der Waals surface area contributed by atoms with Crippen molar-refractivity contribution in [1.29, 1.82) is 0 Å². The van der Waals surface area contributed by atoms with E-state index in [1.165, 1.54) is 11.1 Å². The summed E-state index contributed by atoms with van der Waals surface area (Å²) in [6.45, 7) is 7.77. The van der Waals surface area contributed by atoms with E-state index in [0.717, 1.165) is 19.7 Å². The van der Waals surface area contributed by atoms with Gasteiger partial charge in [0.15, 0.2) is 0 Å². The Hall–Kier alpha value is -0.900. The highest BCUT2D eigenvalue weighted by Gasteiger charge is 2.23. The SMILES string of the molecule is CC1CN(Cc2ccccc2CN)C(C)CO1. The molecule has 2 N–H and O–H groups in total. The van der Waals surface area contributed by atoms with Gasteiger partial charge in [0, 0.05) is 25.7 Å². The fourth-order valence-electron chi connectivity index (χ4n) is 2.32. The summed E-state index contributed by atoms with van der Waals surface area (Å²) in [6.07, 6.45) is 0.330. The Kier molecular flexibility index (Phi) is 4.15. The van der Waals surface area contributed by atoms with Gasteiger partial charge >= 0.3 is 0 Å². The van der Waals surface area contributed by atoms with E-state index in [2.05, 4.69) is 43.0 Å². The molecule has 1 aromatic carbocycles. The van der Waals surface area contributed by atoms with E-state index >= 15 is 0 Å². The Bertz CT molecular complexity index is 367. The Balaban J connectivity index is 2.08. The predicted molar refractivity (Wildman–Crippen MR) is 69.6 cm³/mol. The molecule has 1 aliphatic heterocycles. The summed E-state index contributed by atoms with van der Waals surface area (Å²) in [7, 11) is 0. The Morgan fingerprint density at radius 2 is 2.00 bits per heavy atom. The molecule has 17 heavy (non-hydrogen) atoms. The van der Waals surface area contributed by atoms with Gasteiger partial charge in [-0.05, 0) is 25.0 Å². The van der Waals surface area contributed by atoms with Crippen LogP contribution in [-0.4, -0.2) is 30.2 Å². The second-order valence-electron chi connectivity index (χ2n) is 4.90. The first-order valence-electron chi connectivity index (χ1n) is 6.33. The highest BCUT2D eigenvalue weighted by molar-refractivity contribution is 5.26. The summed E-state index contributed by atoms with van der Waals surface area (Å²) in [4.78, 5) is 2.47. The van der Waals surface area contributed by atoms with Gasteiger partial charge in [-0.1, -0.05) is 24.3 Å². The minimum Gasteiger partial charge on any atom is -0.376 e. The molecule has 0 aromatic heterocycles. The minimum absolute atomic E-state index is 0.330. The van der Waals surface area contributed by atoms with Gasteiger partial charge in [0.25, 0.3) is 0 Å². The van der Waals surface area contributed by atoms with Crippen molar-refractivity contribution in [3.63, 3.8) is 0 Å². The number of hydrogen-bond acceptors (Lipinski definition) is 3. The van der Waals surface area contributed by atoms with Crippen molar-refractivity contribution in [2.24, 2.45) is 5.73 Å². The van der Waals surface area contributed by atoms with Crippen LogP contribution < -0.4 is 5.73 Å². The van der Waals surface area contributed by atoms with Gasteiger partial charge < -0.3 is 10.5 Å². The molecule has 1 saturated heterocycles. The third-order valence-corrected chi connectivity index (χ3v) is 3.45. The van der Waals surface area contributed by atoms with Gasteiger partial charge in [-0.3, -0.25) is 4.90 Å². The summed E-state index contributed by atoms with van der Waals surface area (Å²) < 4.78 is 5.65. The van der Waals surface area contributed by atoms with E-state index in [1.54, 1.807) is 0 Å². The first kappa shape index (κ1) is 12.6. The van der Waals surface area contributed by atoms with E-state index in [0.29, 0.717) is 18.7 Å². The van der Waals surface area contributed by atoms with E-state index in [-0.39, 0.29) is 0 Å². The summed E-state index contributed by atoms with van der Waals surface area (Å²) >= 11 is 0. The van der Waals surface area contributed by atoms with Gasteiger partial charge in [-0.2, -0.15) is 0 Å². The highest BCUT2D eigenvalue weighted by atomic mass is 16.5. The van der Waals surface area contributed by atoms with E-state index in [1.807, 2.05) is 0 Å². The van der Waals surface area contributed by atoms with Crippen LogP contribution in [0.3, 0.4) is 0 Å². The predicted octanol–water partition coefficient (Wildman–Crippen LogP) is 1.75. The summed E-state index contributed by atoms with van der Waals surface area (Å²) in [6, 6.07) is 8.91. The molecule has 0 saturated carbocycles. The number of rotatable bonds is 3. The largest absolute Gasteiger partial charge is 0.376 e. The van der Waals surface area contributed by atoms with Gasteiger partial charge in [0.2, 0.25) is 0 Å². The first-order chi connectivity index (χ1) is 8.20. The van der Waals surface area contributed by atoms with E-state index in [9.17, 15) is 0 Å². The maximum Gasteiger partial charge on any atom is 0.0674 e. The van der Waals surface area contributed by atoms with E-state index in [4.69, 9.17) is 10.5 Å². The third kappa shape index (κ3) is 3.06. The summed E-state index contributed by atoms with van der Waals surface area (Å²) in [5.41, 5.74) is 8.37. The van der Waals surface area contributed by atoms with Crippen molar-refractivity contribution in [3.05, 3.63) is 35.4 Å². The fourth-order valence-corrected chi connectivity index (χ4v) is 2.32. The lowest BCUT2D eigenvalue weighted by Crippen LogP contribution is -2.46. The number of nitrogens with two attached hydrogens (primary N) is 1.